The molecule has 0 aromatic carbocycles. The van der Waals surface area contributed by atoms with Crippen LogP contribution in [0.15, 0.2) is 0 Å². The fraction of sp³-hybridized carbons (Fsp3) is 1.00. The summed E-state index contributed by atoms with van der Waals surface area (Å²) in [6, 6.07) is 0. The summed E-state index contributed by atoms with van der Waals surface area (Å²) in [4.78, 5) is 5.10. The second-order valence-electron chi connectivity index (χ2n) is 4.79. The molecule has 0 rings (SSSR count). The molecule has 0 aromatic heterocycles. The number of hydrogen-bond donors (Lipinski definition) is 1. The Balaban J connectivity index is 5.17. The van der Waals surface area contributed by atoms with E-state index in [0.29, 0.717) is 0 Å². The normalized spacial score (nSPS) is 12.8. The van der Waals surface area contributed by atoms with E-state index < -0.39 is 0 Å². The van der Waals surface area contributed by atoms with Crippen molar-refractivity contribution < 1.29 is 4.43 Å². The average molecular weight is 290 g/mol. The Morgan fingerprint density at radius 1 is 0.947 bits per heavy atom. The van der Waals surface area contributed by atoms with Crippen LogP contribution in [-0.4, -0.2) is 65.4 Å². The first-order valence-electron chi connectivity index (χ1n) is 7.90. The molecule has 116 valence electrons. The van der Waals surface area contributed by atoms with Crippen LogP contribution in [0.5, 0.6) is 0 Å². The minimum atomic E-state index is -0.0121. The van der Waals surface area contributed by atoms with Crippen LogP contribution in [0, 0.1) is 0 Å². The van der Waals surface area contributed by atoms with Gasteiger partial charge in [0.1, 0.15) is 16.3 Å². The lowest BCUT2D eigenvalue weighted by Gasteiger charge is -2.51. The summed E-state index contributed by atoms with van der Waals surface area (Å²) in [6.45, 7) is 17.4. The van der Waals surface area contributed by atoms with Gasteiger partial charge in [-0.15, -0.1) is 0 Å². The molecule has 0 saturated carbocycles. The predicted octanol–water partition coefficient (Wildman–Crippen LogP) is 1.01. The molecule has 0 aliphatic heterocycles. The smallest absolute Gasteiger partial charge is 0.145 e. The highest BCUT2D eigenvalue weighted by Gasteiger charge is 2.38. The molecule has 0 spiro atoms. The zero-order valence-corrected chi connectivity index (χ0v) is 16.0. The molecule has 19 heavy (non-hydrogen) atoms. The highest BCUT2D eigenvalue weighted by atomic mass is 28.2. The van der Waals surface area contributed by atoms with Crippen LogP contribution in [0.4, 0.5) is 0 Å². The summed E-state index contributed by atoms with van der Waals surface area (Å²) in [5.74, 6) is -0.0121. The summed E-state index contributed by atoms with van der Waals surface area (Å²) >= 11 is 0. The highest BCUT2D eigenvalue weighted by Crippen LogP contribution is 2.23. The fourth-order valence-corrected chi connectivity index (χ4v) is 3.36. The van der Waals surface area contributed by atoms with E-state index in [-0.39, 0.29) is 5.79 Å². The predicted molar refractivity (Wildman–Crippen MR) is 87.4 cm³/mol. The molecule has 0 aliphatic carbocycles. The van der Waals surface area contributed by atoms with Crippen LogP contribution >= 0.6 is 0 Å². The molecular weight excluding hydrogens is 254 g/mol. The van der Waals surface area contributed by atoms with E-state index in [0.717, 1.165) is 62.7 Å². The Hall–Kier alpha value is 0.0569. The van der Waals surface area contributed by atoms with Crippen LogP contribution in [0.25, 0.3) is 0 Å². The van der Waals surface area contributed by atoms with Gasteiger partial charge < -0.3 is 4.43 Å². The third-order valence-electron chi connectivity index (χ3n) is 3.91. The molecule has 0 amide bonds. The molecule has 0 bridgehead atoms. The summed E-state index contributed by atoms with van der Waals surface area (Å²) in [5.41, 5.74) is 0. The van der Waals surface area contributed by atoms with E-state index in [2.05, 4.69) is 49.7 Å². The number of nitrogens with zero attached hydrogens (tertiary/aromatic N) is 2. The van der Waals surface area contributed by atoms with Crippen molar-refractivity contribution in [2.45, 2.75) is 53.2 Å². The van der Waals surface area contributed by atoms with Crippen LogP contribution in [0.1, 0.15) is 47.5 Å². The maximum Gasteiger partial charge on any atom is 0.145 e. The monoisotopic (exact) mass is 289 g/mol. The lowest BCUT2D eigenvalue weighted by molar-refractivity contribution is -0.0850. The zero-order chi connectivity index (χ0) is 14.7. The van der Waals surface area contributed by atoms with Crippen molar-refractivity contribution in [1.29, 1.82) is 0 Å². The standard InChI is InChI=1S/C14H35N3OSi/c1-6-15-14(12-11-13-18-19,16(7-2)8-3)17(9-4)10-5/h15H,6-13H2,1-5,19H3. The minimum Gasteiger partial charge on any atom is -0.428 e. The Morgan fingerprint density at radius 2 is 1.42 bits per heavy atom. The Kier molecular flexibility index (Phi) is 10.8. The van der Waals surface area contributed by atoms with Crippen molar-refractivity contribution in [3.63, 3.8) is 0 Å². The quantitative estimate of drug-likeness (QED) is 0.330. The third kappa shape index (κ3) is 5.15. The van der Waals surface area contributed by atoms with Gasteiger partial charge in [-0.1, -0.05) is 34.6 Å². The van der Waals surface area contributed by atoms with Gasteiger partial charge in [0, 0.05) is 6.61 Å². The summed E-state index contributed by atoms with van der Waals surface area (Å²) in [7, 11) is 0.841. The minimum absolute atomic E-state index is 0.0121. The van der Waals surface area contributed by atoms with Gasteiger partial charge in [0.2, 0.25) is 0 Å². The van der Waals surface area contributed by atoms with E-state index >= 15 is 0 Å². The summed E-state index contributed by atoms with van der Waals surface area (Å²) in [6.07, 6.45) is 2.23. The lowest BCUT2D eigenvalue weighted by Crippen LogP contribution is -2.68. The third-order valence-corrected chi connectivity index (χ3v) is 4.32. The fourth-order valence-electron chi connectivity index (χ4n) is 3.07. The van der Waals surface area contributed by atoms with E-state index in [1.165, 1.54) is 0 Å². The molecule has 0 saturated heterocycles. The van der Waals surface area contributed by atoms with Crippen molar-refractivity contribution in [3.8, 4) is 0 Å². The van der Waals surface area contributed by atoms with Gasteiger partial charge in [-0.3, -0.25) is 15.1 Å². The van der Waals surface area contributed by atoms with Crippen LogP contribution in [0.2, 0.25) is 0 Å². The number of rotatable bonds is 12. The molecule has 0 aliphatic rings. The van der Waals surface area contributed by atoms with Gasteiger partial charge in [0.25, 0.3) is 0 Å². The van der Waals surface area contributed by atoms with Gasteiger partial charge in [0.05, 0.1) is 0 Å². The summed E-state index contributed by atoms with van der Waals surface area (Å²) in [5, 5.41) is 3.77. The second-order valence-corrected chi connectivity index (χ2v) is 5.37. The first-order valence-corrected chi connectivity index (χ1v) is 8.72. The van der Waals surface area contributed by atoms with Crippen LogP contribution in [-0.2, 0) is 4.43 Å². The number of hydrogen-bond acceptors (Lipinski definition) is 4. The van der Waals surface area contributed by atoms with Crippen LogP contribution in [0.3, 0.4) is 0 Å². The maximum absolute atomic E-state index is 5.38. The Morgan fingerprint density at radius 3 is 1.74 bits per heavy atom. The largest absolute Gasteiger partial charge is 0.428 e. The van der Waals surface area contributed by atoms with Gasteiger partial charge in [0.15, 0.2) is 0 Å². The van der Waals surface area contributed by atoms with Crippen molar-refractivity contribution >= 4 is 10.5 Å². The molecule has 1 N–H and O–H groups in total. The topological polar surface area (TPSA) is 27.7 Å². The second kappa shape index (κ2) is 10.8. The molecule has 0 unspecified atom stereocenters. The first kappa shape index (κ1) is 19.1. The molecule has 0 fully saturated rings. The van der Waals surface area contributed by atoms with Gasteiger partial charge in [-0.05, 0) is 45.6 Å². The molecule has 0 atom stereocenters. The van der Waals surface area contributed by atoms with Gasteiger partial charge >= 0.3 is 0 Å². The zero-order valence-electron chi connectivity index (χ0n) is 14.0. The van der Waals surface area contributed by atoms with Gasteiger partial charge in [-0.2, -0.15) is 0 Å². The van der Waals surface area contributed by atoms with Gasteiger partial charge in [-0.25, -0.2) is 0 Å². The van der Waals surface area contributed by atoms with E-state index in [1.807, 2.05) is 0 Å². The molecule has 4 nitrogen and oxygen atoms in total. The highest BCUT2D eigenvalue weighted by molar-refractivity contribution is 5.97. The van der Waals surface area contributed by atoms with Crippen molar-refractivity contribution in [1.82, 2.24) is 15.1 Å². The van der Waals surface area contributed by atoms with Crippen molar-refractivity contribution in [2.24, 2.45) is 0 Å². The number of nitrogens with one attached hydrogen (secondary N) is 1. The van der Waals surface area contributed by atoms with E-state index in [1.54, 1.807) is 0 Å². The van der Waals surface area contributed by atoms with Crippen LogP contribution < -0.4 is 5.32 Å². The van der Waals surface area contributed by atoms with E-state index in [4.69, 9.17) is 4.43 Å². The Bertz CT molecular complexity index is 197. The van der Waals surface area contributed by atoms with Crippen molar-refractivity contribution in [3.05, 3.63) is 0 Å². The lowest BCUT2D eigenvalue weighted by atomic mass is 10.1. The SMILES string of the molecule is CCNC(CCCO[SiH3])(N(CC)CC)N(CC)CC. The molecule has 0 radical (unpaired) electrons. The van der Waals surface area contributed by atoms with Crippen molar-refractivity contribution in [2.75, 3.05) is 39.3 Å². The molecular formula is C14H35N3OSi. The first-order chi connectivity index (χ1) is 9.16. The maximum atomic E-state index is 5.38. The van der Waals surface area contributed by atoms with E-state index in [9.17, 15) is 0 Å². The Labute approximate surface area is 123 Å². The molecule has 0 aromatic rings. The average Bonchev–Trinajstić information content (AvgIpc) is 2.42. The summed E-state index contributed by atoms with van der Waals surface area (Å²) < 4.78 is 5.38. The molecule has 0 heterocycles. The molecule has 5 heteroatoms.